The number of hydrogen-bond acceptors (Lipinski definition) is 4. The van der Waals surface area contributed by atoms with Gasteiger partial charge in [0.05, 0.1) is 22.5 Å². The van der Waals surface area contributed by atoms with Crippen molar-refractivity contribution in [2.24, 2.45) is 11.3 Å². The van der Waals surface area contributed by atoms with Crippen LogP contribution < -0.4 is 4.90 Å². The lowest BCUT2D eigenvalue weighted by atomic mass is 9.90. The van der Waals surface area contributed by atoms with Crippen molar-refractivity contribution >= 4 is 32.1 Å². The Bertz CT molecular complexity index is 829. The van der Waals surface area contributed by atoms with Gasteiger partial charge in [-0.3, -0.25) is 4.79 Å². The summed E-state index contributed by atoms with van der Waals surface area (Å²) in [6.07, 6.45) is 14.9. The zero-order valence-corrected chi connectivity index (χ0v) is 27.4. The summed E-state index contributed by atoms with van der Waals surface area (Å²) in [5.74, 6) is 7.83. The van der Waals surface area contributed by atoms with Crippen LogP contribution in [0.15, 0.2) is 6.07 Å². The largest absolute Gasteiger partial charge is 0.483 e. The number of thiophene rings is 1. The molecule has 2 aliphatic carbocycles. The number of nitrogens with zero attached hydrogens (tertiary/aromatic N) is 1. The number of aryl methyl sites for hydroxylation is 1. The lowest BCUT2D eigenvalue weighted by molar-refractivity contribution is -0.122. The number of hydrogen-bond donors (Lipinski definition) is 1. The van der Waals surface area contributed by atoms with E-state index in [1.165, 1.54) is 85.8 Å². The monoisotopic (exact) mass is 581 g/mol. The van der Waals surface area contributed by atoms with Crippen molar-refractivity contribution in [3.05, 3.63) is 15.8 Å². The smallest absolute Gasteiger partial charge is 0.290 e. The average Bonchev–Trinajstić information content (AvgIpc) is 3.50. The van der Waals surface area contributed by atoms with Crippen molar-refractivity contribution < 1.29 is 14.6 Å². The molecule has 0 aromatic carbocycles. The molecule has 39 heavy (non-hydrogen) atoms. The molecule has 1 spiro atoms. The van der Waals surface area contributed by atoms with E-state index in [1.807, 2.05) is 25.2 Å². The Morgan fingerprint density at radius 1 is 1.18 bits per heavy atom. The number of carboxylic acid groups (broad SMARTS) is 1. The van der Waals surface area contributed by atoms with E-state index in [0.29, 0.717) is 6.04 Å². The molecule has 1 aromatic heterocycles. The number of anilines is 1. The first-order valence-corrected chi connectivity index (χ1v) is 17.0. The standard InChI is InChI=1S/C22H34NOPS.C7H14.C2H6.CH2O2.CH4/c1-6-13-23(18-7-11-22(12-8-18)24-14-15-25-22)20-16-19(26-17(20)2)9-10-21(3,4)5;1-7-5-3-2-4-6-7;1-2;2-1-3;/h16,18,25H,6-8,11-15H2,1-5H3;7H,2-6H2,1H3;1-2H3;1H,(H,2,3);1H4. The van der Waals surface area contributed by atoms with Crippen LogP contribution in [0.1, 0.15) is 130 Å². The van der Waals surface area contributed by atoms with Crippen LogP contribution in [0.2, 0.25) is 0 Å². The van der Waals surface area contributed by atoms with Gasteiger partial charge in [0, 0.05) is 22.9 Å². The SMILES string of the molecule is C.CC.CC1CCCCC1.CCCN(c1cc(C#CC(C)(C)C)sc1C)C1CCC2(CC1)OCCP2.O=CO. The number of ether oxygens (including phenoxy) is 1. The van der Waals surface area contributed by atoms with Crippen LogP contribution >= 0.6 is 19.9 Å². The molecule has 3 fully saturated rings. The van der Waals surface area contributed by atoms with Gasteiger partial charge in [-0.15, -0.1) is 11.3 Å². The molecule has 4 rings (SSSR count). The van der Waals surface area contributed by atoms with Gasteiger partial charge in [0.15, 0.2) is 0 Å². The molecule has 1 saturated heterocycles. The van der Waals surface area contributed by atoms with Gasteiger partial charge in [0.25, 0.3) is 6.47 Å². The van der Waals surface area contributed by atoms with Gasteiger partial charge in [0.2, 0.25) is 0 Å². The van der Waals surface area contributed by atoms with Gasteiger partial charge in [-0.25, -0.2) is 0 Å². The third kappa shape index (κ3) is 13.9. The summed E-state index contributed by atoms with van der Waals surface area (Å²) in [6, 6.07) is 3.00. The maximum absolute atomic E-state index is 8.36. The van der Waals surface area contributed by atoms with Crippen molar-refractivity contribution in [2.75, 3.05) is 24.2 Å². The maximum Gasteiger partial charge on any atom is 0.290 e. The Morgan fingerprint density at radius 3 is 2.21 bits per heavy atom. The third-order valence-corrected chi connectivity index (χ3v) is 9.95. The van der Waals surface area contributed by atoms with Gasteiger partial charge in [-0.1, -0.05) is 87.6 Å². The van der Waals surface area contributed by atoms with E-state index in [1.54, 1.807) is 0 Å². The molecule has 4 nitrogen and oxygen atoms in total. The molecule has 2 heterocycles. The molecule has 2 saturated carbocycles. The van der Waals surface area contributed by atoms with E-state index in [0.717, 1.165) is 27.7 Å². The minimum absolute atomic E-state index is 0. The van der Waals surface area contributed by atoms with E-state index in [2.05, 4.69) is 64.3 Å². The topological polar surface area (TPSA) is 49.8 Å². The van der Waals surface area contributed by atoms with Crippen molar-refractivity contribution in [1.29, 1.82) is 0 Å². The maximum atomic E-state index is 8.36. The van der Waals surface area contributed by atoms with E-state index >= 15 is 0 Å². The van der Waals surface area contributed by atoms with Crippen molar-refractivity contribution in [3.63, 3.8) is 0 Å². The first kappa shape index (κ1) is 37.9. The van der Waals surface area contributed by atoms with Crippen LogP contribution in [0.3, 0.4) is 0 Å². The summed E-state index contributed by atoms with van der Waals surface area (Å²) in [5.41, 5.74) is 1.48. The Morgan fingerprint density at radius 2 is 1.77 bits per heavy atom. The normalized spacial score (nSPS) is 22.9. The van der Waals surface area contributed by atoms with E-state index in [4.69, 9.17) is 14.6 Å². The summed E-state index contributed by atoms with van der Waals surface area (Å²) in [6.45, 7) is 19.3. The molecule has 1 unspecified atom stereocenters. The highest BCUT2D eigenvalue weighted by molar-refractivity contribution is 7.40. The summed E-state index contributed by atoms with van der Waals surface area (Å²) in [5, 5.41) is 7.14. The van der Waals surface area contributed by atoms with Gasteiger partial charge >= 0.3 is 0 Å². The van der Waals surface area contributed by atoms with Crippen LogP contribution in [0.5, 0.6) is 0 Å². The molecule has 1 atom stereocenters. The highest BCUT2D eigenvalue weighted by Gasteiger charge is 2.40. The van der Waals surface area contributed by atoms with Crippen LogP contribution in [-0.4, -0.2) is 42.3 Å². The molecular formula is C33H60NO3PS. The van der Waals surface area contributed by atoms with Gasteiger partial charge < -0.3 is 14.7 Å². The Hall–Kier alpha value is -1.08. The van der Waals surface area contributed by atoms with E-state index in [9.17, 15) is 0 Å². The number of carbonyl (C=O) groups is 1. The van der Waals surface area contributed by atoms with Gasteiger partial charge in [-0.2, -0.15) is 0 Å². The highest BCUT2D eigenvalue weighted by Crippen LogP contribution is 2.50. The van der Waals surface area contributed by atoms with E-state index < -0.39 is 0 Å². The summed E-state index contributed by atoms with van der Waals surface area (Å²) < 4.78 is 6.14. The van der Waals surface area contributed by atoms with E-state index in [-0.39, 0.29) is 24.7 Å². The third-order valence-electron chi connectivity index (χ3n) is 7.25. The van der Waals surface area contributed by atoms with Crippen LogP contribution in [-0.2, 0) is 9.53 Å². The second-order valence-electron chi connectivity index (χ2n) is 11.6. The average molecular weight is 582 g/mol. The lowest BCUT2D eigenvalue weighted by Crippen LogP contribution is -2.42. The molecule has 0 amide bonds. The Labute approximate surface area is 247 Å². The summed E-state index contributed by atoms with van der Waals surface area (Å²) in [4.78, 5) is 13.7. The molecule has 6 heteroatoms. The second-order valence-corrected chi connectivity index (χ2v) is 14.6. The first-order chi connectivity index (χ1) is 18.1. The predicted molar refractivity (Wildman–Crippen MR) is 176 cm³/mol. The fourth-order valence-corrected chi connectivity index (χ4v) is 7.78. The molecular weight excluding hydrogens is 521 g/mol. The zero-order valence-electron chi connectivity index (χ0n) is 25.6. The fourth-order valence-electron chi connectivity index (χ4n) is 5.39. The van der Waals surface area contributed by atoms with Crippen LogP contribution in [0, 0.1) is 30.1 Å². The summed E-state index contributed by atoms with van der Waals surface area (Å²) >= 11 is 1.85. The minimum Gasteiger partial charge on any atom is -0.483 e. The van der Waals surface area contributed by atoms with Gasteiger partial charge in [0.1, 0.15) is 0 Å². The molecule has 1 aromatic rings. The molecule has 226 valence electrons. The molecule has 1 aliphatic heterocycles. The Balaban J connectivity index is 0.000000933. The van der Waals surface area contributed by atoms with Gasteiger partial charge in [-0.05, 0) is 77.9 Å². The number of rotatable bonds is 4. The Kier molecular flexibility index (Phi) is 19.4. The molecule has 0 bridgehead atoms. The van der Waals surface area contributed by atoms with Crippen molar-refractivity contribution in [3.8, 4) is 11.8 Å². The predicted octanol–water partition coefficient (Wildman–Crippen LogP) is 9.97. The molecule has 3 aliphatic rings. The van der Waals surface area contributed by atoms with Crippen molar-refractivity contribution in [2.45, 2.75) is 138 Å². The fraction of sp³-hybridized carbons (Fsp3) is 0.788. The van der Waals surface area contributed by atoms with Crippen LogP contribution in [0.25, 0.3) is 0 Å². The second kappa shape index (κ2) is 19.9. The zero-order chi connectivity index (χ0) is 28.6. The first-order valence-electron chi connectivity index (χ1n) is 15.0. The minimum atomic E-state index is -0.250. The lowest BCUT2D eigenvalue weighted by Gasteiger charge is -2.42. The molecule has 0 radical (unpaired) electrons. The van der Waals surface area contributed by atoms with Crippen LogP contribution in [0.4, 0.5) is 5.69 Å². The summed E-state index contributed by atoms with van der Waals surface area (Å²) in [7, 11) is 1.02. The quantitative estimate of drug-likeness (QED) is 0.218. The highest BCUT2D eigenvalue weighted by atomic mass is 32.1. The van der Waals surface area contributed by atoms with Crippen molar-refractivity contribution in [1.82, 2.24) is 0 Å². The molecule has 1 N–H and O–H groups in total.